The molecule has 1 atom stereocenters. The van der Waals surface area contributed by atoms with Crippen LogP contribution in [0.2, 0.25) is 0 Å². The lowest BCUT2D eigenvalue weighted by molar-refractivity contribution is -0.125. The highest BCUT2D eigenvalue weighted by Crippen LogP contribution is 2.26. The van der Waals surface area contributed by atoms with Gasteiger partial charge in [0.1, 0.15) is 5.25 Å². The van der Waals surface area contributed by atoms with E-state index in [1.807, 2.05) is 30.3 Å². The predicted octanol–water partition coefficient (Wildman–Crippen LogP) is 1.57. The molecule has 0 aromatic heterocycles. The van der Waals surface area contributed by atoms with Gasteiger partial charge in [-0.2, -0.15) is 0 Å². The Balaban J connectivity index is 1.60. The van der Waals surface area contributed by atoms with Gasteiger partial charge in [-0.15, -0.1) is 0 Å². The lowest BCUT2D eigenvalue weighted by atomic mass is 10.2. The number of hydrogen-bond acceptors (Lipinski definition) is 4. The molecule has 5 nitrogen and oxygen atoms in total. The first-order chi connectivity index (χ1) is 9.70. The van der Waals surface area contributed by atoms with Gasteiger partial charge < -0.3 is 10.6 Å². The molecule has 2 fully saturated rings. The Morgan fingerprint density at radius 3 is 2.80 bits per heavy atom. The lowest BCUT2D eigenvalue weighted by Gasteiger charge is -2.05. The number of rotatable bonds is 4. The fourth-order valence-electron chi connectivity index (χ4n) is 1.89. The number of amidine groups is 1. The van der Waals surface area contributed by atoms with E-state index in [9.17, 15) is 9.59 Å². The SMILES string of the molecule is O=C(CC1SC(=Nc2ccccc2)NC1=O)NC1CC1. The number of para-hydroxylation sites is 1. The van der Waals surface area contributed by atoms with E-state index in [-0.39, 0.29) is 23.5 Å². The van der Waals surface area contributed by atoms with E-state index in [2.05, 4.69) is 15.6 Å². The quantitative estimate of drug-likeness (QED) is 0.884. The van der Waals surface area contributed by atoms with Crippen LogP contribution in [0.5, 0.6) is 0 Å². The second-order valence-electron chi connectivity index (χ2n) is 4.89. The summed E-state index contributed by atoms with van der Waals surface area (Å²) in [5.74, 6) is -0.197. The number of thioether (sulfide) groups is 1. The van der Waals surface area contributed by atoms with E-state index in [1.165, 1.54) is 11.8 Å². The maximum Gasteiger partial charge on any atom is 0.240 e. The molecule has 104 valence electrons. The van der Waals surface area contributed by atoms with Gasteiger partial charge in [0.25, 0.3) is 0 Å². The molecule has 0 bridgehead atoms. The zero-order valence-corrected chi connectivity index (χ0v) is 11.7. The zero-order chi connectivity index (χ0) is 13.9. The van der Waals surface area contributed by atoms with E-state index in [0.29, 0.717) is 11.2 Å². The van der Waals surface area contributed by atoms with Gasteiger partial charge in [-0.1, -0.05) is 30.0 Å². The molecule has 0 radical (unpaired) electrons. The highest BCUT2D eigenvalue weighted by atomic mass is 32.2. The fraction of sp³-hybridized carbons (Fsp3) is 0.357. The van der Waals surface area contributed by atoms with Crippen molar-refractivity contribution in [2.45, 2.75) is 30.6 Å². The monoisotopic (exact) mass is 289 g/mol. The number of aliphatic imine (C=N–C) groups is 1. The molecule has 1 aromatic carbocycles. The van der Waals surface area contributed by atoms with Crippen LogP contribution >= 0.6 is 11.8 Å². The van der Waals surface area contributed by atoms with Crippen molar-refractivity contribution in [1.82, 2.24) is 10.6 Å². The third-order valence-corrected chi connectivity index (χ3v) is 4.16. The summed E-state index contributed by atoms with van der Waals surface area (Å²) in [5, 5.41) is 5.80. The molecule has 0 spiro atoms. The molecule has 2 N–H and O–H groups in total. The maximum atomic E-state index is 11.8. The minimum absolute atomic E-state index is 0.0545. The van der Waals surface area contributed by atoms with Gasteiger partial charge in [-0.05, 0) is 25.0 Å². The van der Waals surface area contributed by atoms with Crippen LogP contribution in [0.15, 0.2) is 35.3 Å². The molecule has 1 aliphatic heterocycles. The fourth-order valence-corrected chi connectivity index (χ4v) is 2.88. The molecule has 1 aliphatic carbocycles. The number of hydrogen-bond donors (Lipinski definition) is 2. The van der Waals surface area contributed by atoms with Crippen molar-refractivity contribution in [3.8, 4) is 0 Å². The summed E-state index contributed by atoms with van der Waals surface area (Å²) >= 11 is 1.32. The van der Waals surface area contributed by atoms with Crippen molar-refractivity contribution in [1.29, 1.82) is 0 Å². The zero-order valence-electron chi connectivity index (χ0n) is 10.8. The van der Waals surface area contributed by atoms with Crippen LogP contribution in [0, 0.1) is 0 Å². The van der Waals surface area contributed by atoms with Crippen molar-refractivity contribution in [3.05, 3.63) is 30.3 Å². The smallest absolute Gasteiger partial charge is 0.240 e. The van der Waals surface area contributed by atoms with Gasteiger partial charge >= 0.3 is 0 Å². The number of carbonyl (C=O) groups is 2. The topological polar surface area (TPSA) is 70.6 Å². The summed E-state index contributed by atoms with van der Waals surface area (Å²) < 4.78 is 0. The summed E-state index contributed by atoms with van der Waals surface area (Å²) in [6.45, 7) is 0. The maximum absolute atomic E-state index is 11.8. The summed E-state index contributed by atoms with van der Waals surface area (Å²) in [6, 6.07) is 9.76. The van der Waals surface area contributed by atoms with E-state index in [4.69, 9.17) is 0 Å². The molecule has 1 saturated heterocycles. The Labute approximate surface area is 121 Å². The highest BCUT2D eigenvalue weighted by molar-refractivity contribution is 8.15. The second kappa shape index (κ2) is 5.66. The van der Waals surface area contributed by atoms with Crippen molar-refractivity contribution in [2.24, 2.45) is 4.99 Å². The molecule has 3 rings (SSSR count). The largest absolute Gasteiger partial charge is 0.353 e. The minimum atomic E-state index is -0.379. The number of nitrogens with one attached hydrogen (secondary N) is 2. The van der Waals surface area contributed by atoms with E-state index in [1.54, 1.807) is 0 Å². The molecule has 1 aromatic rings. The van der Waals surface area contributed by atoms with Crippen molar-refractivity contribution >= 4 is 34.4 Å². The molecule has 1 unspecified atom stereocenters. The molecule has 20 heavy (non-hydrogen) atoms. The van der Waals surface area contributed by atoms with E-state index >= 15 is 0 Å². The normalized spacial score (nSPS) is 23.7. The van der Waals surface area contributed by atoms with Crippen LogP contribution in [0.1, 0.15) is 19.3 Å². The Morgan fingerprint density at radius 1 is 1.35 bits per heavy atom. The molecular weight excluding hydrogens is 274 g/mol. The van der Waals surface area contributed by atoms with Crippen LogP contribution < -0.4 is 10.6 Å². The molecular formula is C14H15N3O2S. The van der Waals surface area contributed by atoms with Crippen molar-refractivity contribution in [2.75, 3.05) is 0 Å². The summed E-state index contributed by atoms with van der Waals surface area (Å²) in [5.41, 5.74) is 0.790. The first kappa shape index (κ1) is 13.2. The molecule has 2 amide bonds. The standard InChI is InChI=1S/C14H15N3O2S/c18-12(15-10-6-7-10)8-11-13(19)17-14(20-11)16-9-4-2-1-3-5-9/h1-5,10-11H,6-8H2,(H,15,18)(H,16,17,19). The summed E-state index contributed by atoms with van der Waals surface area (Å²) in [6.07, 6.45) is 2.31. The van der Waals surface area contributed by atoms with Crippen LogP contribution in [-0.2, 0) is 9.59 Å². The highest BCUT2D eigenvalue weighted by Gasteiger charge is 2.33. The average molecular weight is 289 g/mol. The molecule has 6 heteroatoms. The molecule has 1 saturated carbocycles. The Hall–Kier alpha value is -1.82. The van der Waals surface area contributed by atoms with Crippen LogP contribution in [0.4, 0.5) is 5.69 Å². The van der Waals surface area contributed by atoms with Crippen molar-refractivity contribution in [3.63, 3.8) is 0 Å². The summed E-state index contributed by atoms with van der Waals surface area (Å²) in [7, 11) is 0. The van der Waals surface area contributed by atoms with Gasteiger partial charge in [0.2, 0.25) is 11.8 Å². The number of carbonyl (C=O) groups excluding carboxylic acids is 2. The van der Waals surface area contributed by atoms with Crippen molar-refractivity contribution < 1.29 is 9.59 Å². The average Bonchev–Trinajstić information content (AvgIpc) is 3.16. The van der Waals surface area contributed by atoms with Gasteiger partial charge in [0.05, 0.1) is 5.69 Å². The lowest BCUT2D eigenvalue weighted by Crippen LogP contribution is -2.32. The first-order valence-corrected chi connectivity index (χ1v) is 7.49. The second-order valence-corrected chi connectivity index (χ2v) is 6.09. The molecule has 2 aliphatic rings. The summed E-state index contributed by atoms with van der Waals surface area (Å²) in [4.78, 5) is 27.9. The Kier molecular flexibility index (Phi) is 3.73. The van der Waals surface area contributed by atoms with Crippen LogP contribution in [-0.4, -0.2) is 28.3 Å². The van der Waals surface area contributed by atoms with Gasteiger partial charge in [-0.25, -0.2) is 4.99 Å². The van der Waals surface area contributed by atoms with E-state index in [0.717, 1.165) is 18.5 Å². The number of nitrogens with zero attached hydrogens (tertiary/aromatic N) is 1. The van der Waals surface area contributed by atoms with Gasteiger partial charge in [-0.3, -0.25) is 9.59 Å². The third-order valence-electron chi connectivity index (χ3n) is 3.08. The van der Waals surface area contributed by atoms with Crippen LogP contribution in [0.3, 0.4) is 0 Å². The van der Waals surface area contributed by atoms with Gasteiger partial charge in [0, 0.05) is 12.5 Å². The third kappa shape index (κ3) is 3.39. The number of benzene rings is 1. The molecule has 1 heterocycles. The Morgan fingerprint density at radius 2 is 2.10 bits per heavy atom. The number of amides is 2. The van der Waals surface area contributed by atoms with Gasteiger partial charge in [0.15, 0.2) is 5.17 Å². The van der Waals surface area contributed by atoms with E-state index < -0.39 is 0 Å². The van der Waals surface area contributed by atoms with Crippen LogP contribution in [0.25, 0.3) is 0 Å². The Bertz CT molecular complexity index is 555. The predicted molar refractivity (Wildman–Crippen MR) is 78.8 cm³/mol. The minimum Gasteiger partial charge on any atom is -0.353 e. The first-order valence-electron chi connectivity index (χ1n) is 6.61.